The molecule has 5 heteroatoms. The fraction of sp³-hybridized carbons (Fsp3) is 0.0448. The van der Waals surface area contributed by atoms with Crippen molar-refractivity contribution in [2.45, 2.75) is 19.3 Å². The standard InChI is InChI=1S/C67H44N4O/c1-67(2)56-23-11-6-18-48(56)49-31-28-44(38-57(49)67)58-40-59(69-66(68-58)41-16-4-3-5-17-41)45-34-46(70-60-24-12-7-19-50(60)51-20-8-13-25-61(51)70)39-47(35-45)71-62-26-14-9-21-52(62)54-36-42(29-32-63(54)71)43-30-33-65-55(37-43)53-22-10-15-27-64(53)72-65/h3-40H,1-2H3. The number of furan rings is 1. The van der Waals surface area contributed by atoms with Crippen molar-refractivity contribution in [3.8, 4) is 67.5 Å². The average molecular weight is 921 g/mol. The van der Waals surface area contributed by atoms with Gasteiger partial charge in [0.2, 0.25) is 0 Å². The Bertz CT molecular complexity index is 4500. The van der Waals surface area contributed by atoms with Crippen LogP contribution in [0.2, 0.25) is 0 Å². The minimum atomic E-state index is -0.156. The maximum Gasteiger partial charge on any atom is 0.160 e. The quantitative estimate of drug-likeness (QED) is 0.167. The molecule has 0 radical (unpaired) electrons. The summed E-state index contributed by atoms with van der Waals surface area (Å²) >= 11 is 0. The molecule has 0 spiro atoms. The molecular formula is C67H44N4O. The molecule has 4 aromatic heterocycles. The molecule has 5 nitrogen and oxygen atoms in total. The van der Waals surface area contributed by atoms with Crippen LogP contribution in [-0.2, 0) is 5.41 Å². The fourth-order valence-electron chi connectivity index (χ4n) is 11.9. The largest absolute Gasteiger partial charge is 0.456 e. The molecule has 10 aromatic carbocycles. The van der Waals surface area contributed by atoms with E-state index in [9.17, 15) is 0 Å². The lowest BCUT2D eigenvalue weighted by molar-refractivity contribution is 0.660. The number of rotatable bonds is 6. The van der Waals surface area contributed by atoms with Gasteiger partial charge in [-0.25, -0.2) is 9.97 Å². The second-order valence-corrected chi connectivity index (χ2v) is 19.8. The SMILES string of the molecule is CC1(C)c2ccccc2-c2ccc(-c3cc(-c4cc(-n5c6ccccc6c6ccccc65)cc(-n5c6ccccc6c6cc(-c7ccc8oc9ccccc9c8c7)ccc65)c4)nc(-c4ccccc4)n3)cc21. The first kappa shape index (κ1) is 40.6. The third-order valence-corrected chi connectivity index (χ3v) is 15.3. The Morgan fingerprint density at radius 2 is 0.847 bits per heavy atom. The van der Waals surface area contributed by atoms with Crippen LogP contribution in [0.3, 0.4) is 0 Å². The van der Waals surface area contributed by atoms with Crippen LogP contribution in [0, 0.1) is 0 Å². The van der Waals surface area contributed by atoms with Gasteiger partial charge in [-0.1, -0.05) is 166 Å². The van der Waals surface area contributed by atoms with Crippen LogP contribution in [0.25, 0.3) is 133 Å². The molecule has 72 heavy (non-hydrogen) atoms. The maximum absolute atomic E-state index is 6.23. The van der Waals surface area contributed by atoms with Gasteiger partial charge in [-0.2, -0.15) is 0 Å². The van der Waals surface area contributed by atoms with Crippen LogP contribution in [-0.4, -0.2) is 19.1 Å². The Morgan fingerprint density at radius 1 is 0.333 bits per heavy atom. The summed E-state index contributed by atoms with van der Waals surface area (Å²) in [5, 5.41) is 7.03. The van der Waals surface area contributed by atoms with E-state index in [1.165, 1.54) is 43.8 Å². The Labute approximate surface area is 415 Å². The highest BCUT2D eigenvalue weighted by molar-refractivity contribution is 6.12. The zero-order valence-electron chi connectivity index (χ0n) is 39.6. The van der Waals surface area contributed by atoms with E-state index < -0.39 is 0 Å². The topological polar surface area (TPSA) is 48.8 Å². The lowest BCUT2D eigenvalue weighted by atomic mass is 9.82. The van der Waals surface area contributed by atoms with Crippen LogP contribution in [0.15, 0.2) is 235 Å². The van der Waals surface area contributed by atoms with Crippen LogP contribution in [0.1, 0.15) is 25.0 Å². The van der Waals surface area contributed by atoms with Crippen molar-refractivity contribution >= 4 is 65.6 Å². The van der Waals surface area contributed by atoms with E-state index in [-0.39, 0.29) is 5.41 Å². The number of fused-ring (bicyclic) bond motifs is 12. The number of benzene rings is 10. The highest BCUT2D eigenvalue weighted by Gasteiger charge is 2.35. The first-order valence-corrected chi connectivity index (χ1v) is 24.7. The van der Waals surface area contributed by atoms with Crippen molar-refractivity contribution in [2.24, 2.45) is 0 Å². The van der Waals surface area contributed by atoms with Crippen molar-refractivity contribution in [1.29, 1.82) is 0 Å². The predicted octanol–water partition coefficient (Wildman–Crippen LogP) is 17.5. The minimum absolute atomic E-state index is 0.156. The molecule has 4 heterocycles. The van der Waals surface area contributed by atoms with Crippen molar-refractivity contribution in [1.82, 2.24) is 19.1 Å². The molecule has 1 aliphatic rings. The summed E-state index contributed by atoms with van der Waals surface area (Å²) in [6.07, 6.45) is 0. The van der Waals surface area contributed by atoms with Crippen molar-refractivity contribution in [3.05, 3.63) is 242 Å². The molecule has 0 bridgehead atoms. The van der Waals surface area contributed by atoms with E-state index >= 15 is 0 Å². The van der Waals surface area contributed by atoms with Crippen LogP contribution < -0.4 is 0 Å². The van der Waals surface area contributed by atoms with E-state index in [4.69, 9.17) is 14.4 Å². The predicted molar refractivity (Wildman–Crippen MR) is 297 cm³/mol. The molecule has 15 rings (SSSR count). The summed E-state index contributed by atoms with van der Waals surface area (Å²) in [5.74, 6) is 0.681. The van der Waals surface area contributed by atoms with E-state index in [2.05, 4.69) is 235 Å². The van der Waals surface area contributed by atoms with Crippen LogP contribution >= 0.6 is 0 Å². The van der Waals surface area contributed by atoms with Crippen molar-refractivity contribution < 1.29 is 4.42 Å². The lowest BCUT2D eigenvalue weighted by Gasteiger charge is -2.22. The molecule has 0 saturated heterocycles. The first-order chi connectivity index (χ1) is 35.4. The molecule has 14 aromatic rings. The van der Waals surface area contributed by atoms with Crippen LogP contribution in [0.5, 0.6) is 0 Å². The Kier molecular flexibility index (Phi) is 8.64. The highest BCUT2D eigenvalue weighted by Crippen LogP contribution is 2.50. The highest BCUT2D eigenvalue weighted by atomic mass is 16.3. The smallest absolute Gasteiger partial charge is 0.160 e. The average Bonchev–Trinajstić information content (AvgIpc) is 4.15. The fourth-order valence-corrected chi connectivity index (χ4v) is 11.9. The zero-order chi connectivity index (χ0) is 47.7. The molecule has 0 unspecified atom stereocenters. The normalized spacial score (nSPS) is 13.0. The molecule has 0 saturated carbocycles. The van der Waals surface area contributed by atoms with Gasteiger partial charge in [-0.05, 0) is 112 Å². The van der Waals surface area contributed by atoms with Gasteiger partial charge in [0.15, 0.2) is 5.82 Å². The summed E-state index contributed by atoms with van der Waals surface area (Å²) in [4.78, 5) is 10.8. The number of nitrogens with zero attached hydrogens (tertiary/aromatic N) is 4. The van der Waals surface area contributed by atoms with Gasteiger partial charge in [0, 0.05) is 65.8 Å². The monoisotopic (exact) mass is 920 g/mol. The summed E-state index contributed by atoms with van der Waals surface area (Å²) in [6.45, 7) is 4.67. The van der Waals surface area contributed by atoms with Crippen molar-refractivity contribution in [2.75, 3.05) is 0 Å². The van der Waals surface area contributed by atoms with Crippen molar-refractivity contribution in [3.63, 3.8) is 0 Å². The van der Waals surface area contributed by atoms with E-state index in [1.54, 1.807) is 0 Å². The van der Waals surface area contributed by atoms with E-state index in [0.717, 1.165) is 94.6 Å². The lowest BCUT2D eigenvalue weighted by Crippen LogP contribution is -2.14. The summed E-state index contributed by atoms with van der Waals surface area (Å²) < 4.78 is 11.1. The number of para-hydroxylation sites is 4. The van der Waals surface area contributed by atoms with Gasteiger partial charge in [0.25, 0.3) is 0 Å². The molecule has 0 aliphatic heterocycles. The third-order valence-electron chi connectivity index (χ3n) is 15.3. The van der Waals surface area contributed by atoms with Gasteiger partial charge in [0.05, 0.1) is 33.5 Å². The van der Waals surface area contributed by atoms with E-state index in [0.29, 0.717) is 5.82 Å². The molecular weight excluding hydrogens is 877 g/mol. The third kappa shape index (κ3) is 6.07. The Hall–Kier alpha value is -9.32. The maximum atomic E-state index is 6.23. The summed E-state index contributed by atoms with van der Waals surface area (Å²) in [6, 6.07) is 83.2. The van der Waals surface area contributed by atoms with Gasteiger partial charge in [-0.3, -0.25) is 0 Å². The molecule has 0 N–H and O–H groups in total. The van der Waals surface area contributed by atoms with Gasteiger partial charge in [-0.15, -0.1) is 0 Å². The molecule has 0 fully saturated rings. The Morgan fingerprint density at radius 3 is 1.56 bits per heavy atom. The molecule has 1 aliphatic carbocycles. The van der Waals surface area contributed by atoms with E-state index in [1.807, 2.05) is 18.2 Å². The van der Waals surface area contributed by atoms with Gasteiger partial charge < -0.3 is 13.6 Å². The van der Waals surface area contributed by atoms with Crippen LogP contribution in [0.4, 0.5) is 0 Å². The number of hydrogen-bond donors (Lipinski definition) is 0. The number of aromatic nitrogens is 4. The number of hydrogen-bond acceptors (Lipinski definition) is 3. The zero-order valence-corrected chi connectivity index (χ0v) is 39.6. The minimum Gasteiger partial charge on any atom is -0.456 e. The Balaban J connectivity index is 0.971. The van der Waals surface area contributed by atoms with Gasteiger partial charge >= 0.3 is 0 Å². The molecule has 0 amide bonds. The summed E-state index contributed by atoms with van der Waals surface area (Å²) in [5.41, 5.74) is 20.5. The second kappa shape index (κ2) is 15.3. The molecule has 338 valence electrons. The second-order valence-electron chi connectivity index (χ2n) is 19.8. The first-order valence-electron chi connectivity index (χ1n) is 24.7. The summed E-state index contributed by atoms with van der Waals surface area (Å²) in [7, 11) is 0. The van der Waals surface area contributed by atoms with Gasteiger partial charge in [0.1, 0.15) is 11.2 Å². The molecule has 0 atom stereocenters.